The lowest BCUT2D eigenvalue weighted by Gasteiger charge is -2.34. The first kappa shape index (κ1) is 15.3. The van der Waals surface area contributed by atoms with Crippen LogP contribution in [-0.4, -0.2) is 37.3 Å². The summed E-state index contributed by atoms with van der Waals surface area (Å²) in [4.78, 5) is 7.04. The van der Waals surface area contributed by atoms with E-state index in [1.54, 1.807) is 0 Å². The lowest BCUT2D eigenvalue weighted by molar-refractivity contribution is 0.0381. The van der Waals surface area contributed by atoms with E-state index in [1.165, 1.54) is 11.1 Å². The summed E-state index contributed by atoms with van der Waals surface area (Å²) in [6.45, 7) is 11.2. The van der Waals surface area contributed by atoms with Crippen LogP contribution in [0.5, 0.6) is 0 Å². The van der Waals surface area contributed by atoms with E-state index in [0.717, 1.165) is 51.4 Å². The van der Waals surface area contributed by atoms with Gasteiger partial charge in [-0.3, -0.25) is 0 Å². The van der Waals surface area contributed by atoms with Crippen molar-refractivity contribution in [3.63, 3.8) is 0 Å². The van der Waals surface area contributed by atoms with E-state index in [0.29, 0.717) is 6.10 Å². The number of rotatable bonds is 6. The Labute approximate surface area is 122 Å². The predicted molar refractivity (Wildman–Crippen MR) is 83.2 cm³/mol. The minimum absolute atomic E-state index is 0.343. The molecule has 1 aromatic heterocycles. The van der Waals surface area contributed by atoms with E-state index in [4.69, 9.17) is 4.74 Å². The Morgan fingerprint density at radius 1 is 1.45 bits per heavy atom. The van der Waals surface area contributed by atoms with Crippen LogP contribution in [0.15, 0.2) is 12.3 Å². The summed E-state index contributed by atoms with van der Waals surface area (Å²) in [5.74, 6) is 1.12. The summed E-state index contributed by atoms with van der Waals surface area (Å²) in [5, 5.41) is 3.42. The van der Waals surface area contributed by atoms with Crippen molar-refractivity contribution in [3.8, 4) is 0 Å². The second kappa shape index (κ2) is 7.60. The Morgan fingerprint density at radius 2 is 2.30 bits per heavy atom. The second-order valence-electron chi connectivity index (χ2n) is 5.51. The zero-order valence-electron chi connectivity index (χ0n) is 13.0. The Balaban J connectivity index is 2.01. The quantitative estimate of drug-likeness (QED) is 0.811. The van der Waals surface area contributed by atoms with Gasteiger partial charge in [-0.15, -0.1) is 0 Å². The molecule has 0 amide bonds. The van der Waals surface area contributed by atoms with Crippen LogP contribution in [0.1, 0.15) is 37.8 Å². The number of ether oxygens (including phenoxy) is 1. The van der Waals surface area contributed by atoms with Gasteiger partial charge < -0.3 is 15.0 Å². The van der Waals surface area contributed by atoms with Crippen molar-refractivity contribution in [3.05, 3.63) is 23.4 Å². The number of aryl methyl sites for hydroxylation is 1. The molecule has 2 rings (SSSR count). The van der Waals surface area contributed by atoms with Crippen molar-refractivity contribution in [1.29, 1.82) is 0 Å². The number of nitrogens with one attached hydrogen (secondary N) is 1. The fraction of sp³-hybridized carbons (Fsp3) is 0.688. The fourth-order valence-electron chi connectivity index (χ4n) is 2.62. The van der Waals surface area contributed by atoms with Gasteiger partial charge in [-0.2, -0.15) is 0 Å². The minimum Gasteiger partial charge on any atom is -0.375 e. The Bertz CT molecular complexity index is 422. The maximum Gasteiger partial charge on any atom is 0.131 e. The topological polar surface area (TPSA) is 37.4 Å². The number of morpholine rings is 1. The third kappa shape index (κ3) is 3.93. The van der Waals surface area contributed by atoms with Crippen molar-refractivity contribution in [2.75, 3.05) is 31.1 Å². The molecule has 4 nitrogen and oxygen atoms in total. The molecule has 1 atom stereocenters. The van der Waals surface area contributed by atoms with Gasteiger partial charge in [0.05, 0.1) is 12.7 Å². The maximum absolute atomic E-state index is 5.73. The highest BCUT2D eigenvalue weighted by Crippen LogP contribution is 2.21. The summed E-state index contributed by atoms with van der Waals surface area (Å²) < 4.78 is 5.73. The van der Waals surface area contributed by atoms with Crippen LogP contribution in [0.25, 0.3) is 0 Å². The first-order chi connectivity index (χ1) is 9.74. The van der Waals surface area contributed by atoms with Gasteiger partial charge in [0.15, 0.2) is 0 Å². The molecule has 112 valence electrons. The molecule has 1 aliphatic rings. The van der Waals surface area contributed by atoms with E-state index in [9.17, 15) is 0 Å². The van der Waals surface area contributed by atoms with E-state index in [2.05, 4.69) is 42.0 Å². The molecule has 1 aliphatic heterocycles. The Kier molecular flexibility index (Phi) is 5.80. The van der Waals surface area contributed by atoms with E-state index in [1.807, 2.05) is 6.20 Å². The van der Waals surface area contributed by atoms with Crippen LogP contribution in [0, 0.1) is 6.92 Å². The largest absolute Gasteiger partial charge is 0.375 e. The van der Waals surface area contributed by atoms with Gasteiger partial charge in [-0.1, -0.05) is 13.8 Å². The number of anilines is 1. The lowest BCUT2D eigenvalue weighted by Crippen LogP contribution is -2.42. The molecule has 1 saturated heterocycles. The van der Waals surface area contributed by atoms with Crippen LogP contribution in [0.3, 0.4) is 0 Å². The summed E-state index contributed by atoms with van der Waals surface area (Å²) >= 11 is 0. The zero-order chi connectivity index (χ0) is 14.4. The zero-order valence-corrected chi connectivity index (χ0v) is 13.0. The SMILES string of the molecule is CCCNCc1cnc(N2CCOC(CC)C2)c(C)c1. The van der Waals surface area contributed by atoms with Crippen molar-refractivity contribution in [2.45, 2.75) is 46.3 Å². The smallest absolute Gasteiger partial charge is 0.131 e. The molecular weight excluding hydrogens is 250 g/mol. The normalized spacial score (nSPS) is 19.4. The monoisotopic (exact) mass is 277 g/mol. The molecule has 0 radical (unpaired) electrons. The first-order valence-corrected chi connectivity index (χ1v) is 7.77. The molecule has 1 unspecified atom stereocenters. The Morgan fingerprint density at radius 3 is 3.00 bits per heavy atom. The average molecular weight is 277 g/mol. The van der Waals surface area contributed by atoms with Gasteiger partial charge in [0.2, 0.25) is 0 Å². The second-order valence-corrected chi connectivity index (χ2v) is 5.51. The summed E-state index contributed by atoms with van der Waals surface area (Å²) in [5.41, 5.74) is 2.53. The van der Waals surface area contributed by atoms with Crippen molar-refractivity contribution in [1.82, 2.24) is 10.3 Å². The standard InChI is InChI=1S/C16H27N3O/c1-4-6-17-10-14-9-13(3)16(18-11-14)19-7-8-20-15(5-2)12-19/h9,11,15,17H,4-8,10,12H2,1-3H3. The summed E-state index contributed by atoms with van der Waals surface area (Å²) in [6, 6.07) is 2.25. The number of hydrogen-bond donors (Lipinski definition) is 1. The number of pyridine rings is 1. The van der Waals surface area contributed by atoms with E-state index in [-0.39, 0.29) is 0 Å². The molecule has 1 fully saturated rings. The van der Waals surface area contributed by atoms with E-state index >= 15 is 0 Å². The molecule has 2 heterocycles. The van der Waals surface area contributed by atoms with Crippen LogP contribution in [-0.2, 0) is 11.3 Å². The average Bonchev–Trinajstić information content (AvgIpc) is 2.48. The molecule has 0 spiro atoms. The molecule has 1 aromatic rings. The van der Waals surface area contributed by atoms with Gasteiger partial charge >= 0.3 is 0 Å². The van der Waals surface area contributed by atoms with Crippen LogP contribution in [0.2, 0.25) is 0 Å². The van der Waals surface area contributed by atoms with Gasteiger partial charge in [-0.05, 0) is 43.5 Å². The highest BCUT2D eigenvalue weighted by atomic mass is 16.5. The fourth-order valence-corrected chi connectivity index (χ4v) is 2.62. The molecule has 1 N–H and O–H groups in total. The van der Waals surface area contributed by atoms with Crippen LogP contribution < -0.4 is 10.2 Å². The molecule has 0 aliphatic carbocycles. The first-order valence-electron chi connectivity index (χ1n) is 7.77. The van der Waals surface area contributed by atoms with Crippen LogP contribution in [0.4, 0.5) is 5.82 Å². The molecule has 4 heteroatoms. The van der Waals surface area contributed by atoms with Gasteiger partial charge in [0.1, 0.15) is 5.82 Å². The van der Waals surface area contributed by atoms with Gasteiger partial charge in [0, 0.05) is 25.8 Å². The molecule has 20 heavy (non-hydrogen) atoms. The molecule has 0 saturated carbocycles. The number of nitrogens with zero attached hydrogens (tertiary/aromatic N) is 2. The van der Waals surface area contributed by atoms with Crippen molar-refractivity contribution < 1.29 is 4.74 Å². The Hall–Kier alpha value is -1.13. The summed E-state index contributed by atoms with van der Waals surface area (Å²) in [7, 11) is 0. The third-order valence-corrected chi connectivity index (χ3v) is 3.76. The van der Waals surface area contributed by atoms with Crippen LogP contribution >= 0.6 is 0 Å². The third-order valence-electron chi connectivity index (χ3n) is 3.76. The van der Waals surface area contributed by atoms with Gasteiger partial charge in [0.25, 0.3) is 0 Å². The van der Waals surface area contributed by atoms with Crippen molar-refractivity contribution in [2.24, 2.45) is 0 Å². The van der Waals surface area contributed by atoms with E-state index < -0.39 is 0 Å². The highest BCUT2D eigenvalue weighted by molar-refractivity contribution is 5.47. The molecular formula is C16H27N3O. The summed E-state index contributed by atoms with van der Waals surface area (Å²) in [6.07, 6.45) is 4.57. The lowest BCUT2D eigenvalue weighted by atomic mass is 10.1. The predicted octanol–water partition coefficient (Wildman–Crippen LogP) is 2.50. The number of hydrogen-bond acceptors (Lipinski definition) is 4. The molecule has 0 bridgehead atoms. The van der Waals surface area contributed by atoms with Crippen molar-refractivity contribution >= 4 is 5.82 Å². The number of aromatic nitrogens is 1. The molecule has 0 aromatic carbocycles. The minimum atomic E-state index is 0.343. The maximum atomic E-state index is 5.73. The highest BCUT2D eigenvalue weighted by Gasteiger charge is 2.21. The van der Waals surface area contributed by atoms with Gasteiger partial charge in [-0.25, -0.2) is 4.98 Å².